The summed E-state index contributed by atoms with van der Waals surface area (Å²) in [5, 5.41) is 10.4. The fourth-order valence-electron chi connectivity index (χ4n) is 10.4. The van der Waals surface area contributed by atoms with Crippen molar-refractivity contribution in [1.82, 2.24) is 9.13 Å². The van der Waals surface area contributed by atoms with Crippen molar-refractivity contribution in [1.29, 1.82) is 0 Å². The normalized spacial score (nSPS) is 11.8. The fourth-order valence-corrected chi connectivity index (χ4v) is 15.4. The smallest absolute Gasteiger partial charge is 0.180 e. The van der Waals surface area contributed by atoms with Crippen LogP contribution in [0.1, 0.15) is 0 Å². The average molecular weight is 819 g/mol. The first-order valence-electron chi connectivity index (χ1n) is 21.8. The van der Waals surface area contributed by atoms with Crippen LogP contribution in [0.5, 0.6) is 0 Å². The lowest BCUT2D eigenvalue weighted by Crippen LogP contribution is -2.75. The van der Waals surface area contributed by atoms with Gasteiger partial charge in [0.25, 0.3) is 0 Å². The van der Waals surface area contributed by atoms with Gasteiger partial charge in [0.2, 0.25) is 0 Å². The first-order valence-corrected chi connectivity index (χ1v) is 23.8. The lowest BCUT2D eigenvalue weighted by Gasteiger charge is -2.36. The number of fused-ring (bicyclic) bond motifs is 6. The highest BCUT2D eigenvalue weighted by Crippen LogP contribution is 2.40. The average Bonchev–Trinajstić information content (AvgIpc) is 3.87. The van der Waals surface area contributed by atoms with Crippen LogP contribution in [0.15, 0.2) is 255 Å². The van der Waals surface area contributed by atoms with E-state index in [0.29, 0.717) is 0 Å². The van der Waals surface area contributed by atoms with Gasteiger partial charge >= 0.3 is 0 Å². The van der Waals surface area contributed by atoms with E-state index in [1.165, 1.54) is 86.6 Å². The van der Waals surface area contributed by atoms with Gasteiger partial charge in [0.05, 0.1) is 27.8 Å². The molecule has 63 heavy (non-hydrogen) atoms. The predicted molar refractivity (Wildman–Crippen MR) is 270 cm³/mol. The van der Waals surface area contributed by atoms with Crippen LogP contribution in [-0.2, 0) is 0 Å². The Morgan fingerprint density at radius 1 is 0.270 bits per heavy atom. The quantitative estimate of drug-likeness (QED) is 0.107. The van der Waals surface area contributed by atoms with Crippen LogP contribution in [0.4, 0.5) is 0 Å². The zero-order valence-electron chi connectivity index (χ0n) is 34.6. The maximum absolute atomic E-state index is 2.99. The summed E-state index contributed by atoms with van der Waals surface area (Å²) < 4.78 is 5.00. The van der Waals surface area contributed by atoms with Crippen LogP contribution in [0.2, 0.25) is 0 Å². The molecule has 2 nitrogen and oxygen atoms in total. The predicted octanol–water partition coefficient (Wildman–Crippen LogP) is 12.6. The zero-order valence-corrected chi connectivity index (χ0v) is 35.6. The van der Waals surface area contributed by atoms with Gasteiger partial charge in [-0.05, 0) is 79.9 Å². The summed E-state index contributed by atoms with van der Waals surface area (Å²) in [4.78, 5) is 0. The molecule has 0 N–H and O–H groups in total. The van der Waals surface area contributed by atoms with E-state index in [1.807, 2.05) is 0 Å². The Hall–Kier alpha value is -7.98. The highest BCUT2D eigenvalue weighted by Gasteiger charge is 2.43. The monoisotopic (exact) mass is 818 g/mol. The van der Waals surface area contributed by atoms with E-state index >= 15 is 0 Å². The topological polar surface area (TPSA) is 9.86 Å². The van der Waals surface area contributed by atoms with Crippen LogP contribution in [0.25, 0.3) is 77.2 Å². The number of nitrogens with zero attached hydrogens (tertiary/aromatic N) is 2. The molecule has 10 aromatic carbocycles. The Labute approximate surface area is 368 Å². The van der Waals surface area contributed by atoms with E-state index in [1.54, 1.807) is 0 Å². The second-order valence-electron chi connectivity index (χ2n) is 16.4. The van der Waals surface area contributed by atoms with Crippen LogP contribution in [0.3, 0.4) is 0 Å². The number of rotatable bonds is 8. The van der Waals surface area contributed by atoms with Crippen LogP contribution >= 0.6 is 0 Å². The van der Waals surface area contributed by atoms with Crippen molar-refractivity contribution < 1.29 is 0 Å². The molecule has 12 aromatic rings. The first kappa shape index (κ1) is 36.8. The van der Waals surface area contributed by atoms with E-state index in [-0.39, 0.29) is 0 Å². The van der Waals surface area contributed by atoms with E-state index in [2.05, 4.69) is 264 Å². The highest BCUT2D eigenvalue weighted by molar-refractivity contribution is 7.20. The number of benzene rings is 10. The molecule has 2 aromatic heterocycles. The maximum atomic E-state index is 2.57. The molecule has 3 heteroatoms. The van der Waals surface area contributed by atoms with E-state index < -0.39 is 8.07 Å². The molecule has 0 spiro atoms. The van der Waals surface area contributed by atoms with Gasteiger partial charge in [-0.15, -0.1) is 0 Å². The molecule has 0 atom stereocenters. The van der Waals surface area contributed by atoms with E-state index in [4.69, 9.17) is 0 Å². The molecule has 0 saturated heterocycles. The SMILES string of the molecule is c1ccc(-c2ccccc2-n2c3ccccc3c3ccc(-n4c5ccccc5c5cc(-c6ccccc6)c([Si](c6ccccc6)(c6ccccc6)c6ccccc6)cc54)cc32)cc1. The van der Waals surface area contributed by atoms with Gasteiger partial charge in [0.15, 0.2) is 8.07 Å². The largest absolute Gasteiger partial charge is 0.309 e. The number of hydrogen-bond donors (Lipinski definition) is 0. The summed E-state index contributed by atoms with van der Waals surface area (Å²) in [6.07, 6.45) is 0. The molecule has 0 aliphatic heterocycles. The minimum atomic E-state index is -2.99. The summed E-state index contributed by atoms with van der Waals surface area (Å²) in [6, 6.07) is 94.4. The van der Waals surface area contributed by atoms with Crippen molar-refractivity contribution in [3.05, 3.63) is 255 Å². The second kappa shape index (κ2) is 15.2. The third-order valence-electron chi connectivity index (χ3n) is 13.1. The molecular formula is C60H42N2Si. The summed E-state index contributed by atoms with van der Waals surface area (Å²) in [7, 11) is -2.99. The highest BCUT2D eigenvalue weighted by atomic mass is 28.3. The van der Waals surface area contributed by atoms with E-state index in [9.17, 15) is 0 Å². The Morgan fingerprint density at radius 2 is 0.698 bits per heavy atom. The van der Waals surface area contributed by atoms with Gasteiger partial charge in [0, 0.05) is 32.8 Å². The van der Waals surface area contributed by atoms with Gasteiger partial charge in [-0.25, -0.2) is 0 Å². The summed E-state index contributed by atoms with van der Waals surface area (Å²) in [5.74, 6) is 0. The number of hydrogen-bond acceptors (Lipinski definition) is 0. The molecular weight excluding hydrogens is 777 g/mol. The van der Waals surface area contributed by atoms with Crippen molar-refractivity contribution in [2.45, 2.75) is 0 Å². The van der Waals surface area contributed by atoms with Crippen LogP contribution in [0, 0.1) is 0 Å². The molecule has 0 amide bonds. The molecule has 2 heterocycles. The molecule has 0 aliphatic rings. The lowest BCUT2D eigenvalue weighted by atomic mass is 10.0. The third-order valence-corrected chi connectivity index (χ3v) is 17.9. The van der Waals surface area contributed by atoms with Crippen molar-refractivity contribution in [3.63, 3.8) is 0 Å². The standard InChI is InChI=1S/C60H42N2Si/c1-6-22-43(23-7-1)49-32-16-19-35-55(49)62-57-37-21-17-33-50(57)52-39-38-45(40-58(52)62)61-56-36-20-18-34-51(56)54-41-53(44-24-8-2-9-25-44)60(42-59(54)61)63(46-26-10-3-11-27-46,47-28-12-4-13-29-47)48-30-14-5-15-31-48/h1-42H. The van der Waals surface area contributed by atoms with Gasteiger partial charge in [0.1, 0.15) is 0 Å². The van der Waals surface area contributed by atoms with Gasteiger partial charge in [-0.2, -0.15) is 0 Å². The Balaban J connectivity index is 1.21. The van der Waals surface area contributed by atoms with Gasteiger partial charge in [-0.1, -0.05) is 212 Å². The zero-order chi connectivity index (χ0) is 41.7. The molecule has 0 aliphatic carbocycles. The molecule has 12 rings (SSSR count). The van der Waals surface area contributed by atoms with Crippen molar-refractivity contribution in [3.8, 4) is 33.6 Å². The third kappa shape index (κ3) is 5.85. The summed E-state index contributed by atoms with van der Waals surface area (Å²) in [5.41, 5.74) is 11.9. The Morgan fingerprint density at radius 3 is 1.29 bits per heavy atom. The molecule has 0 fully saturated rings. The summed E-state index contributed by atoms with van der Waals surface area (Å²) in [6.45, 7) is 0. The van der Waals surface area contributed by atoms with Crippen molar-refractivity contribution in [2.75, 3.05) is 0 Å². The molecule has 0 radical (unpaired) electrons. The molecule has 296 valence electrons. The van der Waals surface area contributed by atoms with Crippen molar-refractivity contribution >= 4 is 72.4 Å². The second-order valence-corrected chi connectivity index (χ2v) is 20.2. The van der Waals surface area contributed by atoms with Gasteiger partial charge in [-0.3, -0.25) is 0 Å². The van der Waals surface area contributed by atoms with Crippen LogP contribution < -0.4 is 20.7 Å². The Bertz CT molecular complexity index is 3500. The van der Waals surface area contributed by atoms with Crippen LogP contribution in [-0.4, -0.2) is 17.2 Å². The Kier molecular flexibility index (Phi) is 8.87. The van der Waals surface area contributed by atoms with Gasteiger partial charge < -0.3 is 9.13 Å². The summed E-state index contributed by atoms with van der Waals surface area (Å²) >= 11 is 0. The molecule has 0 saturated carbocycles. The van der Waals surface area contributed by atoms with Crippen molar-refractivity contribution in [2.24, 2.45) is 0 Å². The minimum Gasteiger partial charge on any atom is -0.309 e. The lowest BCUT2D eigenvalue weighted by molar-refractivity contribution is 1.16. The molecule has 0 unspecified atom stereocenters. The maximum Gasteiger partial charge on any atom is 0.180 e. The molecule has 0 bridgehead atoms. The number of aromatic nitrogens is 2. The minimum absolute atomic E-state index is 1.12. The first-order chi connectivity index (χ1) is 31.3. The number of para-hydroxylation sites is 3. The van der Waals surface area contributed by atoms with E-state index in [0.717, 1.165) is 11.4 Å². The fraction of sp³-hybridized carbons (Fsp3) is 0.